The molecule has 0 fully saturated rings. The minimum absolute atomic E-state index is 0.0672. The lowest BCUT2D eigenvalue weighted by Gasteiger charge is -2.11. The molecule has 0 aliphatic heterocycles. The van der Waals surface area contributed by atoms with Crippen LogP contribution in [-0.4, -0.2) is 12.1 Å². The SMILES string of the molecule is C=CCCC[C@@H](/C=C/C)OC(C)=O. The zero-order valence-corrected chi connectivity index (χ0v) is 8.45. The summed E-state index contributed by atoms with van der Waals surface area (Å²) in [6.45, 7) is 6.99. The van der Waals surface area contributed by atoms with E-state index in [0.717, 1.165) is 19.3 Å². The van der Waals surface area contributed by atoms with E-state index in [-0.39, 0.29) is 12.1 Å². The fourth-order valence-corrected chi connectivity index (χ4v) is 1.09. The third-order valence-electron chi connectivity index (χ3n) is 1.62. The lowest BCUT2D eigenvalue weighted by atomic mass is 10.1. The molecule has 0 heterocycles. The number of hydrogen-bond acceptors (Lipinski definition) is 2. The number of allylic oxidation sites excluding steroid dienone is 2. The third kappa shape index (κ3) is 7.32. The fraction of sp³-hybridized carbons (Fsp3) is 0.545. The molecule has 0 bridgehead atoms. The third-order valence-corrected chi connectivity index (χ3v) is 1.62. The monoisotopic (exact) mass is 182 g/mol. The number of rotatable bonds is 6. The minimum atomic E-state index is -0.221. The molecular weight excluding hydrogens is 164 g/mol. The standard InChI is InChI=1S/C11H18O2/c1-4-6-7-9-11(8-5-2)13-10(3)12/h4-5,8,11H,1,6-7,9H2,2-3H3/b8-5+/t11-/m1/s1. The van der Waals surface area contributed by atoms with E-state index in [1.807, 2.05) is 25.2 Å². The van der Waals surface area contributed by atoms with Crippen LogP contribution in [0.4, 0.5) is 0 Å². The van der Waals surface area contributed by atoms with Gasteiger partial charge >= 0.3 is 5.97 Å². The molecule has 0 N–H and O–H groups in total. The molecule has 0 saturated carbocycles. The molecule has 0 aromatic rings. The molecule has 0 aliphatic rings. The van der Waals surface area contributed by atoms with Crippen LogP contribution in [0.3, 0.4) is 0 Å². The van der Waals surface area contributed by atoms with Crippen LogP contribution in [0.25, 0.3) is 0 Å². The van der Waals surface area contributed by atoms with Crippen LogP contribution in [0.15, 0.2) is 24.8 Å². The molecule has 2 nitrogen and oxygen atoms in total. The van der Waals surface area contributed by atoms with Gasteiger partial charge in [0.15, 0.2) is 0 Å². The maximum absolute atomic E-state index is 10.7. The van der Waals surface area contributed by atoms with Gasteiger partial charge < -0.3 is 4.74 Å². The summed E-state index contributed by atoms with van der Waals surface area (Å²) in [7, 11) is 0. The van der Waals surface area contributed by atoms with Gasteiger partial charge in [0.2, 0.25) is 0 Å². The zero-order valence-electron chi connectivity index (χ0n) is 8.45. The summed E-state index contributed by atoms with van der Waals surface area (Å²) in [6.07, 6.45) is 8.46. The van der Waals surface area contributed by atoms with Gasteiger partial charge in [0.1, 0.15) is 6.10 Å². The first-order valence-electron chi connectivity index (χ1n) is 4.61. The average Bonchev–Trinajstić information content (AvgIpc) is 2.04. The van der Waals surface area contributed by atoms with Gasteiger partial charge in [-0.15, -0.1) is 6.58 Å². The van der Waals surface area contributed by atoms with Crippen molar-refractivity contribution in [2.45, 2.75) is 39.2 Å². The van der Waals surface area contributed by atoms with Crippen LogP contribution in [-0.2, 0) is 9.53 Å². The summed E-state index contributed by atoms with van der Waals surface area (Å²) in [4.78, 5) is 10.7. The number of unbranched alkanes of at least 4 members (excludes halogenated alkanes) is 1. The van der Waals surface area contributed by atoms with Gasteiger partial charge in [-0.1, -0.05) is 12.2 Å². The van der Waals surface area contributed by atoms with Crippen LogP contribution >= 0.6 is 0 Å². The highest BCUT2D eigenvalue weighted by molar-refractivity contribution is 5.66. The molecule has 0 amide bonds. The number of carbonyl (C=O) groups is 1. The maximum atomic E-state index is 10.7. The predicted octanol–water partition coefficient (Wildman–Crippen LogP) is 2.85. The first-order valence-corrected chi connectivity index (χ1v) is 4.61. The minimum Gasteiger partial charge on any atom is -0.458 e. The average molecular weight is 182 g/mol. The van der Waals surface area contributed by atoms with E-state index < -0.39 is 0 Å². The Kier molecular flexibility index (Phi) is 6.98. The molecule has 0 rings (SSSR count). The van der Waals surface area contributed by atoms with E-state index in [2.05, 4.69) is 6.58 Å². The molecule has 0 spiro atoms. The zero-order chi connectivity index (χ0) is 10.1. The fourth-order valence-electron chi connectivity index (χ4n) is 1.09. The number of esters is 1. The summed E-state index contributed by atoms with van der Waals surface area (Å²) in [6, 6.07) is 0. The second kappa shape index (κ2) is 7.59. The van der Waals surface area contributed by atoms with E-state index in [0.29, 0.717) is 0 Å². The Balaban J connectivity index is 3.79. The largest absolute Gasteiger partial charge is 0.458 e. The van der Waals surface area contributed by atoms with E-state index in [1.54, 1.807) is 0 Å². The van der Waals surface area contributed by atoms with Crippen molar-refractivity contribution in [2.75, 3.05) is 0 Å². The highest BCUT2D eigenvalue weighted by atomic mass is 16.5. The van der Waals surface area contributed by atoms with Gasteiger partial charge in [0.05, 0.1) is 0 Å². The molecule has 1 atom stereocenters. The molecule has 0 saturated heterocycles. The van der Waals surface area contributed by atoms with E-state index in [4.69, 9.17) is 4.74 Å². The van der Waals surface area contributed by atoms with Crippen LogP contribution in [0.5, 0.6) is 0 Å². The maximum Gasteiger partial charge on any atom is 0.303 e. The molecule has 2 heteroatoms. The van der Waals surface area contributed by atoms with Gasteiger partial charge in [-0.2, -0.15) is 0 Å². The molecule has 74 valence electrons. The Labute approximate surface area is 80.3 Å². The van der Waals surface area contributed by atoms with Crippen molar-refractivity contribution in [2.24, 2.45) is 0 Å². The smallest absolute Gasteiger partial charge is 0.303 e. The molecule has 0 radical (unpaired) electrons. The molecule has 0 aromatic carbocycles. The van der Waals surface area contributed by atoms with Gasteiger partial charge in [0.25, 0.3) is 0 Å². The van der Waals surface area contributed by atoms with Crippen molar-refractivity contribution >= 4 is 5.97 Å². The van der Waals surface area contributed by atoms with Gasteiger partial charge in [-0.05, 0) is 32.3 Å². The lowest BCUT2D eigenvalue weighted by Crippen LogP contribution is -2.13. The van der Waals surface area contributed by atoms with Gasteiger partial charge in [-0.3, -0.25) is 4.79 Å². The number of carbonyl (C=O) groups excluding carboxylic acids is 1. The van der Waals surface area contributed by atoms with E-state index in [1.165, 1.54) is 6.92 Å². The topological polar surface area (TPSA) is 26.3 Å². The molecule has 0 aromatic heterocycles. The quantitative estimate of drug-likeness (QED) is 0.358. The first kappa shape index (κ1) is 11.9. The van der Waals surface area contributed by atoms with Crippen LogP contribution < -0.4 is 0 Å². The van der Waals surface area contributed by atoms with Crippen LogP contribution in [0.2, 0.25) is 0 Å². The van der Waals surface area contributed by atoms with Gasteiger partial charge in [0, 0.05) is 6.92 Å². The highest BCUT2D eigenvalue weighted by Gasteiger charge is 2.06. The number of hydrogen-bond donors (Lipinski definition) is 0. The Morgan fingerprint density at radius 1 is 1.62 bits per heavy atom. The van der Waals surface area contributed by atoms with Crippen molar-refractivity contribution < 1.29 is 9.53 Å². The lowest BCUT2D eigenvalue weighted by molar-refractivity contribution is -0.144. The number of ether oxygens (including phenoxy) is 1. The summed E-state index contributed by atoms with van der Waals surface area (Å²) >= 11 is 0. The summed E-state index contributed by atoms with van der Waals surface area (Å²) in [5, 5.41) is 0. The first-order chi connectivity index (χ1) is 6.20. The predicted molar refractivity (Wildman–Crippen MR) is 54.4 cm³/mol. The summed E-state index contributed by atoms with van der Waals surface area (Å²) in [5.41, 5.74) is 0. The normalized spacial score (nSPS) is 12.8. The summed E-state index contributed by atoms with van der Waals surface area (Å²) in [5.74, 6) is -0.221. The van der Waals surface area contributed by atoms with Crippen molar-refractivity contribution in [1.82, 2.24) is 0 Å². The second-order valence-corrected chi connectivity index (χ2v) is 2.89. The highest BCUT2D eigenvalue weighted by Crippen LogP contribution is 2.07. The van der Waals surface area contributed by atoms with E-state index in [9.17, 15) is 4.79 Å². The van der Waals surface area contributed by atoms with Crippen molar-refractivity contribution in [1.29, 1.82) is 0 Å². The van der Waals surface area contributed by atoms with Crippen molar-refractivity contribution in [3.05, 3.63) is 24.8 Å². The van der Waals surface area contributed by atoms with Crippen molar-refractivity contribution in [3.8, 4) is 0 Å². The van der Waals surface area contributed by atoms with Gasteiger partial charge in [-0.25, -0.2) is 0 Å². The molecule has 0 unspecified atom stereocenters. The Morgan fingerprint density at radius 2 is 2.31 bits per heavy atom. The van der Waals surface area contributed by atoms with E-state index >= 15 is 0 Å². The Hall–Kier alpha value is -1.05. The van der Waals surface area contributed by atoms with Crippen LogP contribution in [0, 0.1) is 0 Å². The Morgan fingerprint density at radius 3 is 2.77 bits per heavy atom. The van der Waals surface area contributed by atoms with Crippen LogP contribution in [0.1, 0.15) is 33.1 Å². The van der Waals surface area contributed by atoms with Crippen molar-refractivity contribution in [3.63, 3.8) is 0 Å². The molecular formula is C11H18O2. The molecule has 13 heavy (non-hydrogen) atoms. The Bertz CT molecular complexity index is 183. The molecule has 0 aliphatic carbocycles. The second-order valence-electron chi connectivity index (χ2n) is 2.89. The summed E-state index contributed by atoms with van der Waals surface area (Å²) < 4.78 is 5.08.